The minimum Gasteiger partial charge on any atom is -0.367 e. The molecular weight excluding hydrogens is 276 g/mol. The van der Waals surface area contributed by atoms with Gasteiger partial charge in [-0.05, 0) is 24.6 Å². The lowest BCUT2D eigenvalue weighted by Gasteiger charge is -2.25. The average Bonchev–Trinajstić information content (AvgIpc) is 2.46. The van der Waals surface area contributed by atoms with Crippen LogP contribution in [0.2, 0.25) is 0 Å². The van der Waals surface area contributed by atoms with Crippen LogP contribution in [0.5, 0.6) is 0 Å². The molecule has 5 heteroatoms. The fourth-order valence-electron chi connectivity index (χ4n) is 2.51. The van der Waals surface area contributed by atoms with Gasteiger partial charge in [0, 0.05) is 35.5 Å². The quantitative estimate of drug-likeness (QED) is 0.822. The molecule has 2 rings (SSSR count). The van der Waals surface area contributed by atoms with Crippen LogP contribution in [0.1, 0.15) is 26.3 Å². The highest BCUT2D eigenvalue weighted by atomic mass is 16.1. The Hall–Kier alpha value is -3.05. The number of carbonyl (C=O) groups excluding carboxylic acids is 1. The van der Waals surface area contributed by atoms with Crippen LogP contribution >= 0.6 is 0 Å². The van der Waals surface area contributed by atoms with Gasteiger partial charge in [0.1, 0.15) is 0 Å². The molecule has 110 valence electrons. The monoisotopic (exact) mass is 292 g/mol. The molecule has 0 fully saturated rings. The molecule has 0 bridgehead atoms. The van der Waals surface area contributed by atoms with Gasteiger partial charge < -0.3 is 10.6 Å². The topological polar surface area (TPSA) is 69.3 Å². The van der Waals surface area contributed by atoms with Gasteiger partial charge in [-0.1, -0.05) is 19.1 Å². The molecule has 0 aromatic heterocycles. The third-order valence-electron chi connectivity index (χ3n) is 3.53. The Morgan fingerprint density at radius 3 is 2.82 bits per heavy atom. The van der Waals surface area contributed by atoms with Crippen LogP contribution in [0.3, 0.4) is 0 Å². The molecule has 1 aromatic carbocycles. The molecule has 1 aliphatic rings. The van der Waals surface area contributed by atoms with Gasteiger partial charge in [0.25, 0.3) is 0 Å². The lowest BCUT2D eigenvalue weighted by atomic mass is 9.90. The van der Waals surface area contributed by atoms with Gasteiger partial charge in [0.15, 0.2) is 5.70 Å². The average molecular weight is 292 g/mol. The molecule has 0 saturated carbocycles. The summed E-state index contributed by atoms with van der Waals surface area (Å²) in [6, 6.07) is 9.45. The summed E-state index contributed by atoms with van der Waals surface area (Å²) in [6.45, 7) is 12.6. The van der Waals surface area contributed by atoms with E-state index in [-0.39, 0.29) is 11.8 Å². The largest absolute Gasteiger partial charge is 0.367 e. The zero-order chi connectivity index (χ0) is 16.3. The Bertz CT molecular complexity index is 775. The van der Waals surface area contributed by atoms with Crippen LogP contribution in [0.25, 0.3) is 10.5 Å². The summed E-state index contributed by atoms with van der Waals surface area (Å²) in [7, 11) is 0. The number of nitrogens with one attached hydrogen (secondary N) is 2. The van der Waals surface area contributed by atoms with Crippen molar-refractivity contribution in [3.8, 4) is 6.07 Å². The van der Waals surface area contributed by atoms with Crippen LogP contribution in [-0.4, -0.2) is 5.91 Å². The molecule has 0 aliphatic carbocycles. The van der Waals surface area contributed by atoms with Crippen molar-refractivity contribution < 1.29 is 4.79 Å². The summed E-state index contributed by atoms with van der Waals surface area (Å²) in [5.41, 5.74) is 3.99. The molecule has 0 radical (unpaired) electrons. The predicted octanol–water partition coefficient (Wildman–Crippen LogP) is 3.27. The summed E-state index contributed by atoms with van der Waals surface area (Å²) in [5.74, 6) is -0.396. The maximum Gasteiger partial charge on any atom is 0.221 e. The Balaban J connectivity index is 2.50. The van der Waals surface area contributed by atoms with Crippen LogP contribution in [0, 0.1) is 23.8 Å². The number of benzene rings is 1. The van der Waals surface area contributed by atoms with E-state index in [1.165, 1.54) is 6.92 Å². The third kappa shape index (κ3) is 2.84. The first-order chi connectivity index (χ1) is 10.5. The van der Waals surface area contributed by atoms with E-state index in [1.54, 1.807) is 6.07 Å². The first-order valence-corrected chi connectivity index (χ1v) is 6.85. The molecule has 0 unspecified atom stereocenters. The van der Waals surface area contributed by atoms with Crippen molar-refractivity contribution in [2.24, 2.45) is 5.92 Å². The van der Waals surface area contributed by atoms with E-state index in [4.69, 9.17) is 6.57 Å². The van der Waals surface area contributed by atoms with Gasteiger partial charge in [0.2, 0.25) is 5.91 Å². The number of anilines is 1. The number of rotatable bonds is 2. The SMILES string of the molecule is [C-]#[N+]C1=C(c2cccc(NC(C)=O)c2)NC(C)=C(C#N)[C@H]1C. The Morgan fingerprint density at radius 1 is 1.50 bits per heavy atom. The van der Waals surface area contributed by atoms with Crippen LogP contribution in [0.15, 0.2) is 41.2 Å². The van der Waals surface area contributed by atoms with E-state index in [9.17, 15) is 10.1 Å². The second-order valence-corrected chi connectivity index (χ2v) is 5.13. The fourth-order valence-corrected chi connectivity index (χ4v) is 2.51. The van der Waals surface area contributed by atoms with Gasteiger partial charge >= 0.3 is 0 Å². The number of nitriles is 1. The summed E-state index contributed by atoms with van der Waals surface area (Å²) >= 11 is 0. The standard InChI is InChI=1S/C17H16N4O/c1-10-15(9-18)11(2)20-17(16(10)19-4)13-6-5-7-14(8-13)21-12(3)22/h5-8,10,20H,1-3H3,(H,21,22)/t10-/m1/s1. The summed E-state index contributed by atoms with van der Waals surface area (Å²) < 4.78 is 0. The van der Waals surface area contributed by atoms with Gasteiger partial charge in [-0.2, -0.15) is 5.26 Å². The van der Waals surface area contributed by atoms with E-state index in [0.717, 1.165) is 11.3 Å². The molecule has 1 heterocycles. The maximum atomic E-state index is 11.2. The number of allylic oxidation sites excluding steroid dienone is 2. The van der Waals surface area contributed by atoms with Crippen LogP contribution in [0.4, 0.5) is 5.69 Å². The molecule has 22 heavy (non-hydrogen) atoms. The number of nitrogens with zero attached hydrogens (tertiary/aromatic N) is 2. The second-order valence-electron chi connectivity index (χ2n) is 5.13. The lowest BCUT2D eigenvalue weighted by Crippen LogP contribution is -2.23. The maximum absolute atomic E-state index is 11.2. The van der Waals surface area contributed by atoms with Gasteiger partial charge in [-0.25, -0.2) is 4.85 Å². The van der Waals surface area contributed by atoms with Crippen molar-refractivity contribution in [2.75, 3.05) is 5.32 Å². The smallest absolute Gasteiger partial charge is 0.221 e. The second kappa shape index (κ2) is 6.15. The molecule has 1 atom stereocenters. The first-order valence-electron chi connectivity index (χ1n) is 6.85. The summed E-state index contributed by atoms with van der Waals surface area (Å²) in [4.78, 5) is 14.8. The van der Waals surface area contributed by atoms with Crippen LogP contribution in [-0.2, 0) is 4.79 Å². The molecule has 1 aromatic rings. The summed E-state index contributed by atoms with van der Waals surface area (Å²) in [5, 5.41) is 15.1. The number of hydrogen-bond acceptors (Lipinski definition) is 3. The van der Waals surface area contributed by atoms with E-state index in [2.05, 4.69) is 21.5 Å². The zero-order valence-electron chi connectivity index (χ0n) is 12.7. The van der Waals surface area contributed by atoms with Crippen molar-refractivity contribution in [1.82, 2.24) is 5.32 Å². The van der Waals surface area contributed by atoms with Gasteiger partial charge in [-0.3, -0.25) is 4.79 Å². The predicted molar refractivity (Wildman–Crippen MR) is 84.9 cm³/mol. The highest BCUT2D eigenvalue weighted by molar-refractivity contribution is 5.89. The first kappa shape index (κ1) is 15.3. The highest BCUT2D eigenvalue weighted by Crippen LogP contribution is 2.34. The molecule has 1 aliphatic heterocycles. The fraction of sp³-hybridized carbons (Fsp3) is 0.235. The number of carbonyl (C=O) groups is 1. The van der Waals surface area contributed by atoms with Crippen molar-refractivity contribution in [3.05, 3.63) is 58.2 Å². The highest BCUT2D eigenvalue weighted by Gasteiger charge is 2.27. The molecular formula is C17H16N4O. The van der Waals surface area contributed by atoms with E-state index < -0.39 is 0 Å². The van der Waals surface area contributed by atoms with Gasteiger partial charge in [0.05, 0.1) is 12.6 Å². The Morgan fingerprint density at radius 2 is 2.23 bits per heavy atom. The van der Waals surface area contributed by atoms with Crippen molar-refractivity contribution >= 4 is 17.3 Å². The molecule has 0 saturated heterocycles. The Labute approximate surface area is 129 Å². The van der Waals surface area contributed by atoms with Crippen molar-refractivity contribution in [3.63, 3.8) is 0 Å². The zero-order valence-corrected chi connectivity index (χ0v) is 12.7. The normalized spacial score (nSPS) is 17.4. The van der Waals surface area contributed by atoms with Crippen molar-refractivity contribution in [1.29, 1.82) is 5.26 Å². The van der Waals surface area contributed by atoms with Crippen LogP contribution < -0.4 is 10.6 Å². The summed E-state index contributed by atoms with van der Waals surface area (Å²) in [6.07, 6.45) is 0. The number of amides is 1. The molecule has 0 spiro atoms. The molecule has 5 nitrogen and oxygen atoms in total. The van der Waals surface area contributed by atoms with E-state index >= 15 is 0 Å². The minimum atomic E-state index is -0.247. The molecule has 2 N–H and O–H groups in total. The molecule has 1 amide bonds. The third-order valence-corrected chi connectivity index (χ3v) is 3.53. The number of hydrogen-bond donors (Lipinski definition) is 2. The van der Waals surface area contributed by atoms with Gasteiger partial charge in [-0.15, -0.1) is 0 Å². The van der Waals surface area contributed by atoms with E-state index in [0.29, 0.717) is 22.7 Å². The van der Waals surface area contributed by atoms with E-state index in [1.807, 2.05) is 32.0 Å². The number of dihydropyridines is 1. The lowest BCUT2D eigenvalue weighted by molar-refractivity contribution is -0.114. The van der Waals surface area contributed by atoms with Crippen molar-refractivity contribution in [2.45, 2.75) is 20.8 Å². The minimum absolute atomic E-state index is 0.149. The Kier molecular flexibility index (Phi) is 4.29.